The highest BCUT2D eigenvalue weighted by Gasteiger charge is 2.23. The number of carbonyl (C=O) groups is 1. The molecule has 5 N–H and O–H groups in total. The number of rotatable bonds is 10. The number of nitrogens with one attached hydrogen (secondary N) is 4. The first-order chi connectivity index (χ1) is 22.9. The number of allylic oxidation sites excluding steroid dienone is 1. The van der Waals surface area contributed by atoms with Gasteiger partial charge in [0.25, 0.3) is 5.91 Å². The second-order valence-electron chi connectivity index (χ2n) is 12.9. The molecule has 1 aliphatic heterocycles. The van der Waals surface area contributed by atoms with Crippen molar-refractivity contribution < 1.29 is 9.90 Å². The molecule has 10 nitrogen and oxygen atoms in total. The van der Waals surface area contributed by atoms with Crippen LogP contribution in [-0.4, -0.2) is 56.3 Å². The van der Waals surface area contributed by atoms with Crippen LogP contribution < -0.4 is 21.3 Å². The summed E-state index contributed by atoms with van der Waals surface area (Å²) in [5.74, 6) is 1.99. The zero-order valence-electron chi connectivity index (χ0n) is 27.0. The van der Waals surface area contributed by atoms with E-state index in [1.807, 2.05) is 65.4 Å². The highest BCUT2D eigenvalue weighted by atomic mass is 16.3. The molecule has 1 saturated heterocycles. The predicted molar refractivity (Wildman–Crippen MR) is 188 cm³/mol. The van der Waals surface area contributed by atoms with Crippen LogP contribution in [0.1, 0.15) is 56.6 Å². The predicted octanol–water partition coefficient (Wildman–Crippen LogP) is 6.11. The van der Waals surface area contributed by atoms with Crippen LogP contribution in [0.15, 0.2) is 78.6 Å². The third-order valence-corrected chi connectivity index (χ3v) is 9.34. The number of aliphatic hydroxyl groups excluding tert-OH is 1. The number of nitrogens with zero attached hydrogens (tertiary/aromatic N) is 4. The fraction of sp³-hybridized carbons (Fsp3) is 0.351. The number of pyridine rings is 1. The molecular weight excluding hydrogens is 588 g/mol. The zero-order valence-corrected chi connectivity index (χ0v) is 27.0. The van der Waals surface area contributed by atoms with Crippen LogP contribution in [0.5, 0.6) is 0 Å². The molecule has 7 rings (SSSR count). The zero-order chi connectivity index (χ0) is 32.3. The van der Waals surface area contributed by atoms with Crippen LogP contribution in [0.3, 0.4) is 0 Å². The summed E-state index contributed by atoms with van der Waals surface area (Å²) in [5, 5.41) is 30.7. The normalized spacial score (nSPS) is 18.1. The van der Waals surface area contributed by atoms with Crippen molar-refractivity contribution in [3.8, 4) is 11.3 Å². The van der Waals surface area contributed by atoms with Crippen LogP contribution in [0, 0.1) is 5.92 Å². The Morgan fingerprint density at radius 3 is 2.85 bits per heavy atom. The van der Waals surface area contributed by atoms with Crippen molar-refractivity contribution in [2.75, 3.05) is 35.6 Å². The maximum absolute atomic E-state index is 12.7. The van der Waals surface area contributed by atoms with E-state index in [1.165, 1.54) is 0 Å². The minimum Gasteiger partial charge on any atom is -0.391 e. The topological polar surface area (TPSA) is 128 Å². The Morgan fingerprint density at radius 1 is 1.13 bits per heavy atom. The van der Waals surface area contributed by atoms with Crippen molar-refractivity contribution in [3.05, 3.63) is 89.8 Å². The number of hydrogen-bond donors (Lipinski definition) is 5. The molecule has 47 heavy (non-hydrogen) atoms. The Bertz CT molecular complexity index is 1950. The fourth-order valence-corrected chi connectivity index (χ4v) is 6.62. The molecule has 4 heterocycles. The second-order valence-corrected chi connectivity index (χ2v) is 12.9. The third-order valence-electron chi connectivity index (χ3n) is 9.34. The Kier molecular flexibility index (Phi) is 8.86. The van der Waals surface area contributed by atoms with Gasteiger partial charge in [-0.1, -0.05) is 50.3 Å². The molecule has 2 aromatic carbocycles. The molecule has 1 amide bonds. The van der Waals surface area contributed by atoms with Crippen molar-refractivity contribution in [1.29, 1.82) is 0 Å². The Labute approximate surface area is 274 Å². The lowest BCUT2D eigenvalue weighted by Crippen LogP contribution is -2.43. The summed E-state index contributed by atoms with van der Waals surface area (Å²) in [6, 6.07) is 18.3. The Morgan fingerprint density at radius 2 is 2.02 bits per heavy atom. The van der Waals surface area contributed by atoms with Gasteiger partial charge in [-0.3, -0.25) is 9.78 Å². The van der Waals surface area contributed by atoms with E-state index in [0.717, 1.165) is 93.9 Å². The molecule has 0 bridgehead atoms. The van der Waals surface area contributed by atoms with Crippen LogP contribution in [0.2, 0.25) is 0 Å². The van der Waals surface area contributed by atoms with E-state index in [-0.39, 0.29) is 23.8 Å². The number of hydrogen-bond acceptors (Lipinski definition) is 8. The summed E-state index contributed by atoms with van der Waals surface area (Å²) in [6.07, 6.45) is 9.14. The first-order valence-corrected chi connectivity index (χ1v) is 16.7. The van der Waals surface area contributed by atoms with Gasteiger partial charge in [0.1, 0.15) is 11.6 Å². The van der Waals surface area contributed by atoms with Crippen LogP contribution in [-0.2, 0) is 11.3 Å². The molecule has 10 heteroatoms. The highest BCUT2D eigenvalue weighted by molar-refractivity contribution is 6.05. The maximum Gasteiger partial charge on any atom is 0.251 e. The molecule has 0 saturated carbocycles. The largest absolute Gasteiger partial charge is 0.391 e. The minimum atomic E-state index is -0.377. The van der Waals surface area contributed by atoms with Crippen LogP contribution in [0.25, 0.3) is 27.7 Å². The molecule has 3 aromatic heterocycles. The molecule has 1 aliphatic carbocycles. The van der Waals surface area contributed by atoms with Crippen molar-refractivity contribution >= 4 is 39.6 Å². The maximum atomic E-state index is 12.7. The lowest BCUT2D eigenvalue weighted by molar-refractivity contribution is -0.112. The van der Waals surface area contributed by atoms with Crippen molar-refractivity contribution in [2.45, 2.75) is 58.1 Å². The van der Waals surface area contributed by atoms with Gasteiger partial charge in [-0.25, -0.2) is 4.98 Å². The van der Waals surface area contributed by atoms with Crippen LogP contribution in [0.4, 0.5) is 17.3 Å². The van der Waals surface area contributed by atoms with Crippen LogP contribution >= 0.6 is 0 Å². The van der Waals surface area contributed by atoms with E-state index >= 15 is 0 Å². The number of aliphatic hydroxyl groups is 1. The number of anilines is 3. The number of benzene rings is 2. The fourth-order valence-electron chi connectivity index (χ4n) is 6.62. The smallest absolute Gasteiger partial charge is 0.251 e. The molecule has 2 atom stereocenters. The molecule has 1 fully saturated rings. The molecule has 242 valence electrons. The number of amides is 1. The lowest BCUT2D eigenvalue weighted by Gasteiger charge is -2.28. The number of fused-ring (bicyclic) bond motifs is 2. The molecule has 0 spiro atoms. The first-order valence-electron chi connectivity index (χ1n) is 16.7. The Hall–Kier alpha value is -4.80. The van der Waals surface area contributed by atoms with E-state index in [0.29, 0.717) is 19.6 Å². The summed E-state index contributed by atoms with van der Waals surface area (Å²) in [5.41, 5.74) is 6.55. The van der Waals surface area contributed by atoms with E-state index in [2.05, 4.69) is 47.2 Å². The lowest BCUT2D eigenvalue weighted by atomic mass is 9.95. The van der Waals surface area contributed by atoms with Gasteiger partial charge in [0, 0.05) is 65.6 Å². The molecule has 0 unspecified atom stereocenters. The number of aromatic nitrogens is 4. The van der Waals surface area contributed by atoms with Gasteiger partial charge in [-0.15, -0.1) is 0 Å². The van der Waals surface area contributed by atoms with Crippen molar-refractivity contribution in [1.82, 2.24) is 24.9 Å². The van der Waals surface area contributed by atoms with Gasteiger partial charge in [0.15, 0.2) is 5.65 Å². The molecule has 5 aromatic rings. The second kappa shape index (κ2) is 13.5. The number of piperidine rings is 1. The van der Waals surface area contributed by atoms with Gasteiger partial charge in [0.05, 0.1) is 18.0 Å². The van der Waals surface area contributed by atoms with E-state index in [1.54, 1.807) is 0 Å². The van der Waals surface area contributed by atoms with Crippen molar-refractivity contribution in [2.24, 2.45) is 5.92 Å². The minimum absolute atomic E-state index is 0.0160. The van der Waals surface area contributed by atoms with E-state index in [9.17, 15) is 9.90 Å². The number of carbonyl (C=O) groups excluding carboxylic acids is 1. The summed E-state index contributed by atoms with van der Waals surface area (Å²) in [7, 11) is 0. The molecular formula is C37H42N8O2. The summed E-state index contributed by atoms with van der Waals surface area (Å²) >= 11 is 0. The van der Waals surface area contributed by atoms with Gasteiger partial charge >= 0.3 is 0 Å². The highest BCUT2D eigenvalue weighted by Crippen LogP contribution is 2.32. The quantitative estimate of drug-likeness (QED) is 0.125. The number of β-amino-alcohol motifs (C(OH)–C–C–N with tert-alkyl or cyclic N) is 1. The third kappa shape index (κ3) is 6.57. The van der Waals surface area contributed by atoms with Gasteiger partial charge in [-0.05, 0) is 67.3 Å². The first kappa shape index (κ1) is 30.8. The average Bonchev–Trinajstić information content (AvgIpc) is 3.78. The summed E-state index contributed by atoms with van der Waals surface area (Å²) in [6.45, 7) is 7.01. The molecule has 0 radical (unpaired) electrons. The Balaban J connectivity index is 1.15. The monoisotopic (exact) mass is 630 g/mol. The van der Waals surface area contributed by atoms with E-state index < -0.39 is 0 Å². The standard InChI is InChI=1S/C37H42N8O2/c1-23(2)31-21-42-45-34(18-33(44-36(31)45)40-20-27-13-15-38-22-32(27)46)41-19-26-9-5-6-10-29(26)35-30-12-11-28(17-25(30)14-16-39-35)43-37(47)24-7-3-4-8-24/h5-7,9-12,14,16-18,21,23,27,32,38,41,46H,3-4,8,13,15,19-20,22H2,1-2H3,(H,40,44)(H,43,47)/t27-,32+/m1/s1. The average molecular weight is 631 g/mol. The van der Waals surface area contributed by atoms with Crippen molar-refractivity contribution in [3.63, 3.8) is 0 Å². The van der Waals surface area contributed by atoms with Gasteiger partial charge < -0.3 is 26.4 Å². The summed E-state index contributed by atoms with van der Waals surface area (Å²) in [4.78, 5) is 22.5. The van der Waals surface area contributed by atoms with E-state index in [4.69, 9.17) is 15.1 Å². The molecule has 2 aliphatic rings. The SMILES string of the molecule is CC(C)c1cnn2c(NCc3ccccc3-c3nccc4cc(NC(=O)C5=CCCC5)ccc34)cc(NC[C@H]3CCNC[C@@H]3O)nc12. The summed E-state index contributed by atoms with van der Waals surface area (Å²) < 4.78 is 1.87. The van der Waals surface area contributed by atoms with Gasteiger partial charge in [0.2, 0.25) is 0 Å². The van der Waals surface area contributed by atoms with Gasteiger partial charge in [-0.2, -0.15) is 9.61 Å².